The zero-order valence-electron chi connectivity index (χ0n) is 7.21. The van der Waals surface area contributed by atoms with Crippen LogP contribution in [-0.2, 0) is 0 Å². The first-order chi connectivity index (χ1) is 5.22. The van der Waals surface area contributed by atoms with E-state index in [-0.39, 0.29) is 12.0 Å². The maximum Gasteiger partial charge on any atom is 0.0500 e. The summed E-state index contributed by atoms with van der Waals surface area (Å²) in [6, 6.07) is 0. The summed E-state index contributed by atoms with van der Waals surface area (Å²) < 4.78 is 0. The molecular weight excluding hydrogens is 140 g/mol. The summed E-state index contributed by atoms with van der Waals surface area (Å²) in [5.41, 5.74) is 5.65. The number of aliphatic hydroxyl groups is 1. The number of aliphatic hydroxyl groups excluding tert-OH is 1. The van der Waals surface area contributed by atoms with Gasteiger partial charge in [-0.1, -0.05) is 0 Å². The fourth-order valence-electron chi connectivity index (χ4n) is 1.52. The van der Waals surface area contributed by atoms with Crippen LogP contribution in [0, 0.1) is 5.41 Å². The molecule has 0 aromatic rings. The van der Waals surface area contributed by atoms with Gasteiger partial charge >= 0.3 is 0 Å². The van der Waals surface area contributed by atoms with Gasteiger partial charge in [0, 0.05) is 18.6 Å². The SMILES string of the molecule is CN1CCC(CN)(CO)CC1. The van der Waals surface area contributed by atoms with Gasteiger partial charge in [0.15, 0.2) is 0 Å². The van der Waals surface area contributed by atoms with E-state index in [2.05, 4.69) is 11.9 Å². The van der Waals surface area contributed by atoms with Gasteiger partial charge in [-0.3, -0.25) is 0 Å². The Labute approximate surface area is 68.2 Å². The zero-order valence-corrected chi connectivity index (χ0v) is 7.21. The van der Waals surface area contributed by atoms with E-state index in [9.17, 15) is 0 Å². The topological polar surface area (TPSA) is 49.5 Å². The zero-order chi connectivity index (χ0) is 8.32. The summed E-state index contributed by atoms with van der Waals surface area (Å²) in [5, 5.41) is 9.13. The fraction of sp³-hybridized carbons (Fsp3) is 1.00. The van der Waals surface area contributed by atoms with Gasteiger partial charge in [-0.15, -0.1) is 0 Å². The van der Waals surface area contributed by atoms with Gasteiger partial charge in [-0.2, -0.15) is 0 Å². The first kappa shape index (κ1) is 8.97. The molecule has 0 aromatic carbocycles. The van der Waals surface area contributed by atoms with E-state index in [1.807, 2.05) is 0 Å². The highest BCUT2D eigenvalue weighted by Crippen LogP contribution is 2.28. The number of rotatable bonds is 2. The minimum atomic E-state index is 0.0342. The quantitative estimate of drug-likeness (QED) is 0.577. The lowest BCUT2D eigenvalue weighted by atomic mass is 9.79. The maximum absolute atomic E-state index is 9.13. The Balaban J connectivity index is 2.45. The van der Waals surface area contributed by atoms with Crippen LogP contribution in [0.4, 0.5) is 0 Å². The van der Waals surface area contributed by atoms with Crippen LogP contribution in [0.1, 0.15) is 12.8 Å². The molecule has 0 saturated carbocycles. The standard InChI is InChI=1S/C8H18N2O/c1-10-4-2-8(6-9,7-11)3-5-10/h11H,2-7,9H2,1H3. The summed E-state index contributed by atoms with van der Waals surface area (Å²) in [6.07, 6.45) is 2.08. The maximum atomic E-state index is 9.13. The lowest BCUT2D eigenvalue weighted by Crippen LogP contribution is -2.44. The van der Waals surface area contributed by atoms with E-state index in [0.29, 0.717) is 6.54 Å². The molecule has 11 heavy (non-hydrogen) atoms. The number of likely N-dealkylation sites (tertiary alicyclic amines) is 1. The van der Waals surface area contributed by atoms with E-state index >= 15 is 0 Å². The van der Waals surface area contributed by atoms with E-state index in [4.69, 9.17) is 10.8 Å². The van der Waals surface area contributed by atoms with E-state index in [0.717, 1.165) is 25.9 Å². The lowest BCUT2D eigenvalue weighted by Gasteiger charge is -2.38. The van der Waals surface area contributed by atoms with E-state index < -0.39 is 0 Å². The molecule has 0 spiro atoms. The molecule has 1 aliphatic rings. The molecule has 1 fully saturated rings. The third-order valence-corrected chi connectivity index (χ3v) is 2.82. The molecule has 0 unspecified atom stereocenters. The van der Waals surface area contributed by atoms with Crippen molar-refractivity contribution in [3.05, 3.63) is 0 Å². The second-order valence-corrected chi connectivity index (χ2v) is 3.67. The second kappa shape index (κ2) is 3.52. The Hall–Kier alpha value is -0.120. The molecule has 66 valence electrons. The van der Waals surface area contributed by atoms with Crippen LogP contribution in [-0.4, -0.2) is 43.3 Å². The molecule has 1 aliphatic heterocycles. The first-order valence-electron chi connectivity index (χ1n) is 4.22. The van der Waals surface area contributed by atoms with Crippen LogP contribution in [0.25, 0.3) is 0 Å². The third kappa shape index (κ3) is 1.92. The van der Waals surface area contributed by atoms with Gasteiger partial charge in [-0.05, 0) is 33.0 Å². The second-order valence-electron chi connectivity index (χ2n) is 3.67. The average Bonchev–Trinajstić information content (AvgIpc) is 2.07. The van der Waals surface area contributed by atoms with Crippen molar-refractivity contribution in [1.82, 2.24) is 4.90 Å². The molecule has 0 atom stereocenters. The normalized spacial score (nSPS) is 25.4. The Morgan fingerprint density at radius 2 is 2.00 bits per heavy atom. The summed E-state index contributed by atoms with van der Waals surface area (Å²) in [6.45, 7) is 3.00. The molecule has 3 heteroatoms. The molecular formula is C8H18N2O. The number of nitrogens with zero attached hydrogens (tertiary/aromatic N) is 1. The van der Waals surface area contributed by atoms with Gasteiger partial charge in [0.25, 0.3) is 0 Å². The van der Waals surface area contributed by atoms with Crippen LogP contribution < -0.4 is 5.73 Å². The van der Waals surface area contributed by atoms with Crippen LogP contribution in [0.15, 0.2) is 0 Å². The molecule has 0 radical (unpaired) electrons. The highest BCUT2D eigenvalue weighted by molar-refractivity contribution is 4.85. The molecule has 1 rings (SSSR count). The monoisotopic (exact) mass is 158 g/mol. The van der Waals surface area contributed by atoms with Gasteiger partial charge in [0.2, 0.25) is 0 Å². The van der Waals surface area contributed by atoms with Crippen LogP contribution >= 0.6 is 0 Å². The summed E-state index contributed by atoms with van der Waals surface area (Å²) >= 11 is 0. The Kier molecular flexibility index (Phi) is 2.87. The van der Waals surface area contributed by atoms with Crippen molar-refractivity contribution < 1.29 is 5.11 Å². The number of hydrogen-bond acceptors (Lipinski definition) is 3. The van der Waals surface area contributed by atoms with Crippen molar-refractivity contribution in [2.75, 3.05) is 33.3 Å². The van der Waals surface area contributed by atoms with Crippen molar-refractivity contribution in [3.63, 3.8) is 0 Å². The minimum Gasteiger partial charge on any atom is -0.396 e. The largest absolute Gasteiger partial charge is 0.396 e. The molecule has 3 nitrogen and oxygen atoms in total. The van der Waals surface area contributed by atoms with E-state index in [1.165, 1.54) is 0 Å². The number of piperidine rings is 1. The summed E-state index contributed by atoms with van der Waals surface area (Å²) in [7, 11) is 2.11. The van der Waals surface area contributed by atoms with Crippen LogP contribution in [0.5, 0.6) is 0 Å². The lowest BCUT2D eigenvalue weighted by molar-refractivity contribution is 0.0603. The van der Waals surface area contributed by atoms with Gasteiger partial charge < -0.3 is 15.7 Å². The van der Waals surface area contributed by atoms with Crippen molar-refractivity contribution in [2.45, 2.75) is 12.8 Å². The van der Waals surface area contributed by atoms with Gasteiger partial charge in [-0.25, -0.2) is 0 Å². The molecule has 1 heterocycles. The van der Waals surface area contributed by atoms with Crippen molar-refractivity contribution in [2.24, 2.45) is 11.1 Å². The summed E-state index contributed by atoms with van der Waals surface area (Å²) in [4.78, 5) is 2.28. The first-order valence-corrected chi connectivity index (χ1v) is 4.22. The fourth-order valence-corrected chi connectivity index (χ4v) is 1.52. The van der Waals surface area contributed by atoms with Crippen LogP contribution in [0.2, 0.25) is 0 Å². The summed E-state index contributed by atoms with van der Waals surface area (Å²) in [5.74, 6) is 0. The Morgan fingerprint density at radius 3 is 2.36 bits per heavy atom. The Morgan fingerprint density at radius 1 is 1.45 bits per heavy atom. The highest BCUT2D eigenvalue weighted by Gasteiger charge is 2.31. The molecule has 0 bridgehead atoms. The third-order valence-electron chi connectivity index (χ3n) is 2.82. The molecule has 3 N–H and O–H groups in total. The predicted octanol–water partition coefficient (Wildman–Crippen LogP) is -0.351. The predicted molar refractivity (Wildman–Crippen MR) is 45.3 cm³/mol. The smallest absolute Gasteiger partial charge is 0.0500 e. The van der Waals surface area contributed by atoms with Gasteiger partial charge in [0.05, 0.1) is 0 Å². The Bertz CT molecular complexity index is 113. The van der Waals surface area contributed by atoms with Crippen molar-refractivity contribution in [3.8, 4) is 0 Å². The van der Waals surface area contributed by atoms with Crippen LogP contribution in [0.3, 0.4) is 0 Å². The van der Waals surface area contributed by atoms with Crippen molar-refractivity contribution >= 4 is 0 Å². The average molecular weight is 158 g/mol. The number of nitrogens with two attached hydrogens (primary N) is 1. The molecule has 0 aliphatic carbocycles. The number of hydrogen-bond donors (Lipinski definition) is 2. The van der Waals surface area contributed by atoms with Gasteiger partial charge in [0.1, 0.15) is 0 Å². The minimum absolute atomic E-state index is 0.0342. The van der Waals surface area contributed by atoms with Crippen molar-refractivity contribution in [1.29, 1.82) is 0 Å². The molecule has 0 amide bonds. The van der Waals surface area contributed by atoms with E-state index in [1.54, 1.807) is 0 Å². The molecule has 1 saturated heterocycles. The highest BCUT2D eigenvalue weighted by atomic mass is 16.3. The molecule has 0 aromatic heterocycles.